The molecule has 12 aromatic rings. The molecule has 58 heavy (non-hydrogen) atoms. The monoisotopic (exact) mass is 774 g/mol. The van der Waals surface area contributed by atoms with E-state index in [1.165, 1.54) is 90.1 Å². The van der Waals surface area contributed by atoms with E-state index in [-0.39, 0.29) is 0 Å². The molecule has 2 aliphatic rings. The summed E-state index contributed by atoms with van der Waals surface area (Å²) in [6.45, 7) is 0. The van der Waals surface area contributed by atoms with Crippen LogP contribution in [0.5, 0.6) is 0 Å². The van der Waals surface area contributed by atoms with E-state index in [1.807, 2.05) is 22.7 Å². The van der Waals surface area contributed by atoms with Crippen LogP contribution < -0.4 is 0 Å². The summed E-state index contributed by atoms with van der Waals surface area (Å²) in [6, 6.07) is 61.6. The molecule has 4 nitrogen and oxygen atoms in total. The van der Waals surface area contributed by atoms with Gasteiger partial charge in [0.25, 0.3) is 0 Å². The summed E-state index contributed by atoms with van der Waals surface area (Å²) >= 11 is 3.64. The normalized spacial score (nSPS) is 12.4. The Labute approximate surface area is 341 Å². The molecule has 2 aliphatic carbocycles. The fraction of sp³-hybridized carbons (Fsp3) is 0.0192. The van der Waals surface area contributed by atoms with Crippen molar-refractivity contribution >= 4 is 84.8 Å². The maximum absolute atomic E-state index is 5.25. The van der Waals surface area contributed by atoms with Crippen LogP contribution in [0.4, 0.5) is 0 Å². The molecule has 0 atom stereocenters. The van der Waals surface area contributed by atoms with Crippen molar-refractivity contribution in [2.75, 3.05) is 0 Å². The zero-order valence-electron chi connectivity index (χ0n) is 31.0. The van der Waals surface area contributed by atoms with Gasteiger partial charge in [0.05, 0.1) is 11.0 Å². The summed E-state index contributed by atoms with van der Waals surface area (Å²) in [6.07, 6.45) is 0.966. The van der Waals surface area contributed by atoms with Crippen LogP contribution in [-0.4, -0.2) is 19.5 Å². The van der Waals surface area contributed by atoms with Crippen LogP contribution in [0.3, 0.4) is 0 Å². The first-order valence-corrected chi connectivity index (χ1v) is 21.2. The molecule has 6 heteroatoms. The van der Waals surface area contributed by atoms with E-state index < -0.39 is 0 Å². The standard InChI is InChI=1S/C52H30N4S2/c1-2-9-35(10-3-1)56-43-14-6-4-11-37(43)41-27-31(19-23-44(41)56)32-20-24-46-42(28-32)38-22-18-33(29-48(38)58-46)50-53-51(36-21-17-30-25-34(36)26-30)55-52(54-50)40-13-8-16-47-49(40)39-12-5-7-15-45(39)57-47/h1-25,27-29H,26H2. The highest BCUT2D eigenvalue weighted by Crippen LogP contribution is 2.43. The third kappa shape index (κ3) is 4.83. The van der Waals surface area contributed by atoms with Crippen molar-refractivity contribution in [2.24, 2.45) is 0 Å². The molecule has 0 unspecified atom stereocenters. The molecule has 0 spiro atoms. The minimum absolute atomic E-state index is 0.690. The maximum atomic E-state index is 5.25. The van der Waals surface area contributed by atoms with Crippen LogP contribution >= 0.6 is 22.7 Å². The molecule has 4 heterocycles. The first-order valence-electron chi connectivity index (χ1n) is 19.5. The van der Waals surface area contributed by atoms with Crippen molar-refractivity contribution in [1.82, 2.24) is 19.5 Å². The van der Waals surface area contributed by atoms with Crippen LogP contribution in [0, 0.1) is 0 Å². The van der Waals surface area contributed by atoms with Gasteiger partial charge in [-0.15, -0.1) is 22.7 Å². The average molecular weight is 775 g/mol. The van der Waals surface area contributed by atoms with Gasteiger partial charge >= 0.3 is 0 Å². The predicted molar refractivity (Wildman–Crippen MR) is 244 cm³/mol. The van der Waals surface area contributed by atoms with Crippen molar-refractivity contribution in [2.45, 2.75) is 6.42 Å². The van der Waals surface area contributed by atoms with Gasteiger partial charge in [-0.05, 0) is 89.3 Å². The van der Waals surface area contributed by atoms with E-state index in [0.717, 1.165) is 28.9 Å². The average Bonchev–Trinajstić information content (AvgIpc) is 3.95. The summed E-state index contributed by atoms with van der Waals surface area (Å²) in [5.41, 5.74) is 11.8. The molecular formula is C52H30N4S2. The second-order valence-electron chi connectivity index (χ2n) is 15.2. The molecule has 0 radical (unpaired) electrons. The van der Waals surface area contributed by atoms with E-state index in [4.69, 9.17) is 15.0 Å². The summed E-state index contributed by atoms with van der Waals surface area (Å²) < 4.78 is 7.34. The second-order valence-corrected chi connectivity index (χ2v) is 17.4. The molecule has 2 bridgehead atoms. The number of hydrogen-bond donors (Lipinski definition) is 0. The van der Waals surface area contributed by atoms with E-state index in [2.05, 4.69) is 174 Å². The van der Waals surface area contributed by atoms with Crippen molar-refractivity contribution in [1.29, 1.82) is 0 Å². The molecule has 0 saturated heterocycles. The fourth-order valence-electron chi connectivity index (χ4n) is 9.02. The Bertz CT molecular complexity index is 3660. The Morgan fingerprint density at radius 2 is 1.07 bits per heavy atom. The number of benzene rings is 8. The first-order chi connectivity index (χ1) is 28.7. The maximum Gasteiger partial charge on any atom is 0.164 e. The number of para-hydroxylation sites is 2. The van der Waals surface area contributed by atoms with E-state index in [1.54, 1.807) is 0 Å². The lowest BCUT2D eigenvalue weighted by atomic mass is 9.88. The van der Waals surface area contributed by atoms with Crippen LogP contribution in [0.2, 0.25) is 0 Å². The van der Waals surface area contributed by atoms with Gasteiger partial charge in [0.1, 0.15) is 0 Å². The van der Waals surface area contributed by atoms with Gasteiger partial charge in [-0.2, -0.15) is 0 Å². The van der Waals surface area contributed by atoms with Gasteiger partial charge in [-0.25, -0.2) is 15.0 Å². The molecule has 0 amide bonds. The molecule has 0 N–H and O–H groups in total. The minimum atomic E-state index is 0.690. The summed E-state index contributed by atoms with van der Waals surface area (Å²) in [5, 5.41) is 7.45. The lowest BCUT2D eigenvalue weighted by Crippen LogP contribution is -2.07. The lowest BCUT2D eigenvalue weighted by Gasteiger charge is -2.19. The molecule has 0 aliphatic heterocycles. The minimum Gasteiger partial charge on any atom is -0.309 e. The fourth-order valence-corrected chi connectivity index (χ4v) is 11.3. The second kappa shape index (κ2) is 12.3. The quantitative estimate of drug-likeness (QED) is 0.175. The van der Waals surface area contributed by atoms with Gasteiger partial charge < -0.3 is 4.57 Å². The third-order valence-electron chi connectivity index (χ3n) is 11.8. The Balaban J connectivity index is 0.941. The zero-order valence-corrected chi connectivity index (χ0v) is 32.6. The molecule has 4 aromatic heterocycles. The number of fused-ring (bicyclic) bond motifs is 11. The largest absolute Gasteiger partial charge is 0.309 e. The lowest BCUT2D eigenvalue weighted by molar-refractivity contribution is 1.04. The SMILES string of the molecule is c1ccc(-n2c3ccccc3c3cc(-c4ccc5sc6cc(-c7nc(-c8ccc9cc8C9)nc(-c8cccc9sc%10ccccc%10c89)n7)ccc6c5c4)ccc32)cc1. The highest BCUT2D eigenvalue weighted by Gasteiger charge is 2.22. The Kier molecular flexibility index (Phi) is 6.79. The van der Waals surface area contributed by atoms with Crippen LogP contribution in [0.1, 0.15) is 11.1 Å². The number of thiophene rings is 2. The molecule has 14 rings (SSSR count). The van der Waals surface area contributed by atoms with Gasteiger partial charge in [0.2, 0.25) is 0 Å². The highest BCUT2D eigenvalue weighted by molar-refractivity contribution is 7.26. The van der Waals surface area contributed by atoms with Crippen LogP contribution in [0.25, 0.3) is 113 Å². The zero-order chi connectivity index (χ0) is 37.9. The third-order valence-corrected chi connectivity index (χ3v) is 14.1. The molecule has 0 fully saturated rings. The predicted octanol–water partition coefficient (Wildman–Crippen LogP) is 14.3. The van der Waals surface area contributed by atoms with Crippen LogP contribution in [-0.2, 0) is 6.42 Å². The summed E-state index contributed by atoms with van der Waals surface area (Å²) in [4.78, 5) is 15.6. The van der Waals surface area contributed by atoms with Gasteiger partial charge in [0.15, 0.2) is 17.5 Å². The van der Waals surface area contributed by atoms with E-state index in [9.17, 15) is 0 Å². The van der Waals surface area contributed by atoms with E-state index >= 15 is 0 Å². The van der Waals surface area contributed by atoms with Crippen molar-refractivity contribution < 1.29 is 0 Å². The number of aromatic nitrogens is 4. The summed E-state index contributed by atoms with van der Waals surface area (Å²) in [5.74, 6) is 2.12. The molecular weight excluding hydrogens is 745 g/mol. The van der Waals surface area contributed by atoms with Gasteiger partial charge in [-0.3, -0.25) is 0 Å². The van der Waals surface area contributed by atoms with Crippen LogP contribution in [0.15, 0.2) is 170 Å². The Hall–Kier alpha value is -6.99. The molecule has 8 aromatic carbocycles. The van der Waals surface area contributed by atoms with Gasteiger partial charge in [0, 0.05) is 73.5 Å². The Morgan fingerprint density at radius 3 is 1.93 bits per heavy atom. The smallest absolute Gasteiger partial charge is 0.164 e. The Morgan fingerprint density at radius 1 is 0.397 bits per heavy atom. The highest BCUT2D eigenvalue weighted by atomic mass is 32.1. The number of nitrogens with zero attached hydrogens (tertiary/aromatic N) is 4. The van der Waals surface area contributed by atoms with Gasteiger partial charge in [-0.1, -0.05) is 109 Å². The van der Waals surface area contributed by atoms with Crippen molar-refractivity contribution in [3.05, 3.63) is 181 Å². The van der Waals surface area contributed by atoms with E-state index in [0.29, 0.717) is 11.6 Å². The van der Waals surface area contributed by atoms with Crippen molar-refractivity contribution in [3.8, 4) is 51.0 Å². The number of rotatable bonds is 5. The summed E-state index contributed by atoms with van der Waals surface area (Å²) in [7, 11) is 0. The number of hydrogen-bond acceptors (Lipinski definition) is 5. The van der Waals surface area contributed by atoms with Crippen molar-refractivity contribution in [3.63, 3.8) is 0 Å². The first kappa shape index (κ1) is 32.1. The topological polar surface area (TPSA) is 43.6 Å². The molecule has 270 valence electrons. The molecule has 0 saturated carbocycles.